The number of nitrogens with one attached hydrogen (secondary N) is 3. The smallest absolute Gasteiger partial charge is 0.225 e. The van der Waals surface area contributed by atoms with Gasteiger partial charge >= 0.3 is 0 Å². The molecule has 2 aromatic heterocycles. The van der Waals surface area contributed by atoms with Crippen LogP contribution in [0.1, 0.15) is 37.9 Å². The molecular weight excluding hydrogens is 510 g/mol. The molecule has 4 N–H and O–H groups in total. The van der Waals surface area contributed by atoms with E-state index in [2.05, 4.69) is 25.9 Å². The molecule has 3 atom stereocenters. The maximum Gasteiger partial charge on any atom is 0.225 e. The molecular formula is C26H32ClN7O4. The number of epoxide rings is 1. The summed E-state index contributed by atoms with van der Waals surface area (Å²) in [7, 11) is 3.50. The van der Waals surface area contributed by atoms with Gasteiger partial charge < -0.3 is 24.6 Å². The molecule has 0 radical (unpaired) electrons. The minimum atomic E-state index is -0.253. The zero-order valence-electron chi connectivity index (χ0n) is 21.4. The van der Waals surface area contributed by atoms with Crippen LogP contribution in [0.5, 0.6) is 0 Å². The highest BCUT2D eigenvalue weighted by Crippen LogP contribution is 2.35. The van der Waals surface area contributed by atoms with Crippen molar-refractivity contribution in [3.63, 3.8) is 0 Å². The van der Waals surface area contributed by atoms with Crippen LogP contribution in [-0.4, -0.2) is 74.4 Å². The van der Waals surface area contributed by atoms with Gasteiger partial charge in [0.15, 0.2) is 5.82 Å². The summed E-state index contributed by atoms with van der Waals surface area (Å²) < 4.78 is 19.3. The van der Waals surface area contributed by atoms with Crippen LogP contribution in [0.2, 0.25) is 5.02 Å². The third kappa shape index (κ3) is 4.92. The van der Waals surface area contributed by atoms with Crippen LogP contribution in [0.25, 0.3) is 16.5 Å². The Morgan fingerprint density at radius 1 is 1.29 bits per heavy atom. The number of allylic oxidation sites excluding steroid dienone is 2. The van der Waals surface area contributed by atoms with Crippen LogP contribution in [0, 0.1) is 0 Å². The maximum atomic E-state index is 9.83. The van der Waals surface area contributed by atoms with E-state index in [4.69, 9.17) is 30.8 Å². The van der Waals surface area contributed by atoms with Gasteiger partial charge in [0, 0.05) is 37.1 Å². The van der Waals surface area contributed by atoms with Crippen molar-refractivity contribution in [1.29, 1.82) is 0 Å². The van der Waals surface area contributed by atoms with E-state index in [9.17, 15) is 5.11 Å². The molecule has 202 valence electrons. The van der Waals surface area contributed by atoms with Crippen molar-refractivity contribution in [3.8, 4) is 0 Å². The Kier molecular flexibility index (Phi) is 6.87. The monoisotopic (exact) mass is 541 g/mol. The first-order valence-corrected chi connectivity index (χ1v) is 13.3. The van der Waals surface area contributed by atoms with E-state index in [0.29, 0.717) is 29.8 Å². The fraction of sp³-hybridized carbons (Fsp3) is 0.500. The van der Waals surface area contributed by atoms with Crippen LogP contribution in [0.4, 0.5) is 11.6 Å². The molecule has 1 aliphatic heterocycles. The molecule has 0 bridgehead atoms. The molecule has 2 fully saturated rings. The number of aliphatic hydroxyl groups excluding tert-OH is 1. The van der Waals surface area contributed by atoms with Gasteiger partial charge in [-0.05, 0) is 31.1 Å². The third-order valence-electron chi connectivity index (χ3n) is 7.62. The Hall–Kier alpha value is -2.96. The highest BCUT2D eigenvalue weighted by molar-refractivity contribution is 6.38. The number of H-pyrrole nitrogens is 1. The Morgan fingerprint density at radius 3 is 2.92 bits per heavy atom. The first-order valence-electron chi connectivity index (χ1n) is 12.9. The van der Waals surface area contributed by atoms with Crippen LogP contribution < -0.4 is 10.6 Å². The predicted octanol–water partition coefficient (Wildman–Crippen LogP) is 3.41. The van der Waals surface area contributed by atoms with Crippen LogP contribution in [0.15, 0.2) is 36.2 Å². The lowest BCUT2D eigenvalue weighted by Crippen LogP contribution is -2.48. The number of rotatable bonds is 10. The van der Waals surface area contributed by atoms with E-state index in [1.807, 2.05) is 31.3 Å². The van der Waals surface area contributed by atoms with Gasteiger partial charge in [-0.3, -0.25) is 10.4 Å². The van der Waals surface area contributed by atoms with Crippen molar-refractivity contribution in [3.05, 3.63) is 47.1 Å². The number of hydrogen-bond donors (Lipinski definition) is 4. The van der Waals surface area contributed by atoms with E-state index in [1.165, 1.54) is 0 Å². The van der Waals surface area contributed by atoms with Crippen molar-refractivity contribution in [1.82, 2.24) is 30.3 Å². The number of aromatic nitrogens is 5. The van der Waals surface area contributed by atoms with E-state index in [-0.39, 0.29) is 30.6 Å². The molecule has 3 heterocycles. The predicted molar refractivity (Wildman–Crippen MR) is 143 cm³/mol. The lowest BCUT2D eigenvalue weighted by atomic mass is 9.99. The molecule has 3 aromatic rings. The first-order chi connectivity index (χ1) is 18.5. The van der Waals surface area contributed by atoms with E-state index in [0.717, 1.165) is 53.6 Å². The fourth-order valence-electron chi connectivity index (χ4n) is 5.27. The molecule has 3 aliphatic rings. The van der Waals surface area contributed by atoms with E-state index in [1.54, 1.807) is 18.0 Å². The Bertz CT molecular complexity index is 1380. The number of aromatic amines is 1. The number of fused-ring (bicyclic) bond motifs is 1. The summed E-state index contributed by atoms with van der Waals surface area (Å²) in [6.45, 7) is 0.558. The highest BCUT2D eigenvalue weighted by Gasteiger charge is 2.46. The number of hydrogen-bond acceptors (Lipinski definition) is 9. The van der Waals surface area contributed by atoms with Gasteiger partial charge in [-0.1, -0.05) is 30.5 Å². The maximum absolute atomic E-state index is 9.83. The van der Waals surface area contributed by atoms with Gasteiger partial charge in [-0.15, -0.1) is 5.10 Å². The first kappa shape index (κ1) is 25.3. The quantitative estimate of drug-likeness (QED) is 0.285. The Balaban J connectivity index is 1.10. The molecule has 6 rings (SSSR count). The molecule has 1 saturated heterocycles. The van der Waals surface area contributed by atoms with Crippen molar-refractivity contribution in [2.45, 2.75) is 56.1 Å². The zero-order valence-corrected chi connectivity index (χ0v) is 22.2. The van der Waals surface area contributed by atoms with Crippen LogP contribution >= 0.6 is 11.6 Å². The summed E-state index contributed by atoms with van der Waals surface area (Å²) in [4.78, 5) is 4.70. The summed E-state index contributed by atoms with van der Waals surface area (Å²) in [6.07, 6.45) is 10.0. The summed E-state index contributed by atoms with van der Waals surface area (Å²) in [5.74, 6) is 1.92. The number of benzene rings is 1. The summed E-state index contributed by atoms with van der Waals surface area (Å²) in [6, 6.07) is 3.79. The van der Waals surface area contributed by atoms with Crippen LogP contribution in [0.3, 0.4) is 0 Å². The van der Waals surface area contributed by atoms with Gasteiger partial charge in [0.25, 0.3) is 0 Å². The normalized spacial score (nSPS) is 24.4. The lowest BCUT2D eigenvalue weighted by Gasteiger charge is -2.27. The molecule has 11 nitrogen and oxygen atoms in total. The molecule has 12 heteroatoms. The third-order valence-corrected chi connectivity index (χ3v) is 8.03. The number of anilines is 2. The lowest BCUT2D eigenvalue weighted by molar-refractivity contribution is 0.0600. The molecule has 0 spiro atoms. The second kappa shape index (κ2) is 10.3. The fourth-order valence-corrected chi connectivity index (χ4v) is 5.53. The standard InChI is InChI=1S/C26H32ClN7O4/c1-34-25(29-18-7-6-17-16(22(18)27)12-28-32-17)30-23(33-34)15-5-8-19(20(11-15)36-2)37-13-21-24(38-21)31-26(14-35)9-3-4-10-26/h5-8,12,20-21,24,31,35H,3-4,9-11,13-14H2,1-2H3,(H,28,32)(H,29,30,33). The number of nitrogens with zero attached hydrogens (tertiary/aromatic N) is 4. The Labute approximate surface area is 225 Å². The summed E-state index contributed by atoms with van der Waals surface area (Å²) >= 11 is 6.56. The highest BCUT2D eigenvalue weighted by atomic mass is 35.5. The Morgan fingerprint density at radius 2 is 2.13 bits per heavy atom. The average Bonchev–Trinajstić information content (AvgIpc) is 3.30. The second-order valence-electron chi connectivity index (χ2n) is 10.2. The number of ether oxygens (including phenoxy) is 3. The van der Waals surface area contributed by atoms with Gasteiger partial charge in [0.05, 0.1) is 29.0 Å². The number of aliphatic hydroxyl groups is 1. The molecule has 0 amide bonds. The topological polar surface area (TPSA) is 135 Å². The number of aryl methyl sites for hydroxylation is 1. The summed E-state index contributed by atoms with van der Waals surface area (Å²) in [5.41, 5.74) is 2.32. The summed E-state index contributed by atoms with van der Waals surface area (Å²) in [5, 5.41) is 29.5. The van der Waals surface area contributed by atoms with Crippen molar-refractivity contribution in [2.75, 3.05) is 25.6 Å². The van der Waals surface area contributed by atoms with Gasteiger partial charge in [0.1, 0.15) is 30.8 Å². The van der Waals surface area contributed by atoms with Crippen molar-refractivity contribution >= 4 is 39.7 Å². The van der Waals surface area contributed by atoms with Gasteiger partial charge in [-0.25, -0.2) is 4.68 Å². The van der Waals surface area contributed by atoms with Crippen molar-refractivity contribution < 1.29 is 19.3 Å². The largest absolute Gasteiger partial charge is 0.492 e. The minimum Gasteiger partial charge on any atom is -0.492 e. The van der Waals surface area contributed by atoms with E-state index < -0.39 is 0 Å². The van der Waals surface area contributed by atoms with E-state index >= 15 is 0 Å². The van der Waals surface area contributed by atoms with Crippen LogP contribution in [-0.2, 0) is 21.3 Å². The van der Waals surface area contributed by atoms with Gasteiger partial charge in [0.2, 0.25) is 5.95 Å². The zero-order chi connectivity index (χ0) is 26.3. The number of halogens is 1. The molecule has 3 unspecified atom stereocenters. The SMILES string of the molecule is COC1CC(c2nc(Nc3ccc4[nH]ncc4c3Cl)n(C)n2)=CC=C1OCC1OC1NC1(CO)CCCC1. The molecule has 1 saturated carbocycles. The number of methoxy groups -OCH3 is 1. The molecule has 38 heavy (non-hydrogen) atoms. The van der Waals surface area contributed by atoms with Crippen molar-refractivity contribution in [2.24, 2.45) is 7.05 Å². The molecule has 2 aliphatic carbocycles. The minimum absolute atomic E-state index is 0.0398. The molecule has 1 aromatic carbocycles. The average molecular weight is 542 g/mol. The second-order valence-corrected chi connectivity index (χ2v) is 10.5. The van der Waals surface area contributed by atoms with Gasteiger partial charge in [-0.2, -0.15) is 10.1 Å².